The predicted molar refractivity (Wildman–Crippen MR) is 95.8 cm³/mol. The van der Waals surface area contributed by atoms with Gasteiger partial charge in [-0.05, 0) is 42.3 Å². The van der Waals surface area contributed by atoms with Crippen molar-refractivity contribution in [2.75, 3.05) is 6.61 Å². The molecule has 4 rings (SSSR count). The van der Waals surface area contributed by atoms with E-state index in [1.165, 1.54) is 24.6 Å². The van der Waals surface area contributed by atoms with E-state index in [0.29, 0.717) is 30.1 Å². The van der Waals surface area contributed by atoms with Gasteiger partial charge in [0.05, 0.1) is 24.0 Å². The van der Waals surface area contributed by atoms with E-state index in [0.717, 1.165) is 29.3 Å². The maximum Gasteiger partial charge on any atom is 0.237 e. The summed E-state index contributed by atoms with van der Waals surface area (Å²) in [5.41, 5.74) is 0.824. The molecule has 1 aromatic carbocycles. The van der Waals surface area contributed by atoms with Gasteiger partial charge in [-0.2, -0.15) is 4.98 Å². The van der Waals surface area contributed by atoms with Gasteiger partial charge in [-0.25, -0.2) is 4.68 Å². The number of hydrogen-bond donors (Lipinski definition) is 0. The highest BCUT2D eigenvalue weighted by molar-refractivity contribution is 7.98. The molecule has 0 bridgehead atoms. The molecular weight excluding hydrogens is 352 g/mol. The third-order valence-corrected chi connectivity index (χ3v) is 5.27. The third-order valence-electron chi connectivity index (χ3n) is 4.35. The van der Waals surface area contributed by atoms with Crippen molar-refractivity contribution in [3.63, 3.8) is 0 Å². The molecule has 0 aliphatic heterocycles. The van der Waals surface area contributed by atoms with E-state index < -0.39 is 0 Å². The first kappa shape index (κ1) is 17.0. The second kappa shape index (κ2) is 7.86. The first-order valence-corrected chi connectivity index (χ1v) is 9.79. The van der Waals surface area contributed by atoms with Crippen molar-refractivity contribution in [3.05, 3.63) is 30.2 Å². The molecule has 1 fully saturated rings. The fraction of sp³-hybridized carbons (Fsp3) is 0.471. The molecule has 136 valence electrons. The molecule has 0 amide bonds. The van der Waals surface area contributed by atoms with Crippen LogP contribution in [-0.2, 0) is 5.75 Å². The van der Waals surface area contributed by atoms with Gasteiger partial charge < -0.3 is 9.26 Å². The van der Waals surface area contributed by atoms with Gasteiger partial charge in [0.1, 0.15) is 5.75 Å². The predicted octanol–water partition coefficient (Wildman–Crippen LogP) is 3.53. The van der Waals surface area contributed by atoms with Crippen LogP contribution in [0.2, 0.25) is 0 Å². The molecule has 8 nitrogen and oxygen atoms in total. The minimum atomic E-state index is 0.406. The van der Waals surface area contributed by atoms with Crippen molar-refractivity contribution in [2.24, 2.45) is 0 Å². The van der Waals surface area contributed by atoms with Gasteiger partial charge in [-0.1, -0.05) is 41.9 Å². The highest BCUT2D eigenvalue weighted by Gasteiger charge is 2.22. The van der Waals surface area contributed by atoms with Gasteiger partial charge in [-0.15, -0.1) is 5.10 Å². The summed E-state index contributed by atoms with van der Waals surface area (Å²) in [5, 5.41) is 17.0. The molecule has 0 radical (unpaired) electrons. The number of benzene rings is 1. The highest BCUT2D eigenvalue weighted by Crippen LogP contribution is 2.32. The van der Waals surface area contributed by atoms with Crippen molar-refractivity contribution < 1.29 is 9.26 Å². The Morgan fingerprint density at radius 2 is 2.12 bits per heavy atom. The average Bonchev–Trinajstić information content (AvgIpc) is 3.41. The summed E-state index contributed by atoms with van der Waals surface area (Å²) in [7, 11) is 0. The van der Waals surface area contributed by atoms with E-state index >= 15 is 0 Å². The van der Waals surface area contributed by atoms with E-state index in [2.05, 4.69) is 25.7 Å². The van der Waals surface area contributed by atoms with Crippen LogP contribution in [-0.4, -0.2) is 37.0 Å². The molecule has 3 aromatic rings. The van der Waals surface area contributed by atoms with Crippen LogP contribution in [0.5, 0.6) is 5.75 Å². The quantitative estimate of drug-likeness (QED) is 0.582. The van der Waals surface area contributed by atoms with Crippen molar-refractivity contribution in [1.82, 2.24) is 30.3 Å². The molecule has 2 aromatic heterocycles. The van der Waals surface area contributed by atoms with E-state index in [9.17, 15) is 0 Å². The molecule has 0 atom stereocenters. The summed E-state index contributed by atoms with van der Waals surface area (Å²) in [6.45, 7) is 2.53. The van der Waals surface area contributed by atoms with Crippen LogP contribution in [0, 0.1) is 0 Å². The number of tetrazole rings is 1. The van der Waals surface area contributed by atoms with Crippen molar-refractivity contribution >= 4 is 11.8 Å². The molecule has 26 heavy (non-hydrogen) atoms. The molecule has 9 heteroatoms. The summed E-state index contributed by atoms with van der Waals surface area (Å²) < 4.78 is 13.0. The van der Waals surface area contributed by atoms with Gasteiger partial charge in [0.25, 0.3) is 0 Å². The summed E-state index contributed by atoms with van der Waals surface area (Å²) in [6.07, 6.45) is 4.75. The lowest BCUT2D eigenvalue weighted by molar-refractivity contribution is 0.341. The Balaban J connectivity index is 1.46. The van der Waals surface area contributed by atoms with E-state index in [1.54, 1.807) is 0 Å². The number of thioether (sulfide) groups is 1. The molecule has 0 unspecified atom stereocenters. The maximum absolute atomic E-state index is 5.64. The van der Waals surface area contributed by atoms with E-state index in [-0.39, 0.29) is 0 Å². The number of nitrogens with zero attached hydrogens (tertiary/aromatic N) is 6. The van der Waals surface area contributed by atoms with E-state index in [1.807, 2.05) is 35.9 Å². The summed E-state index contributed by atoms with van der Waals surface area (Å²) in [6, 6.07) is 8.09. The van der Waals surface area contributed by atoms with Gasteiger partial charge in [-0.3, -0.25) is 0 Å². The van der Waals surface area contributed by atoms with Crippen LogP contribution in [0.25, 0.3) is 11.4 Å². The van der Waals surface area contributed by atoms with Crippen LogP contribution in [0.15, 0.2) is 33.9 Å². The number of aromatic nitrogens is 6. The summed E-state index contributed by atoms with van der Waals surface area (Å²) >= 11 is 1.52. The molecule has 2 heterocycles. The number of ether oxygens (including phenoxy) is 1. The smallest absolute Gasteiger partial charge is 0.237 e. The molecule has 1 saturated carbocycles. The van der Waals surface area contributed by atoms with E-state index in [4.69, 9.17) is 9.26 Å². The lowest BCUT2D eigenvalue weighted by Crippen LogP contribution is -2.08. The molecule has 1 aliphatic rings. The Kier molecular flexibility index (Phi) is 5.14. The second-order valence-corrected chi connectivity index (χ2v) is 7.02. The molecule has 0 N–H and O–H groups in total. The number of para-hydroxylation sites is 1. The Morgan fingerprint density at radius 1 is 1.27 bits per heavy atom. The third kappa shape index (κ3) is 3.57. The summed E-state index contributed by atoms with van der Waals surface area (Å²) in [5.74, 6) is 2.34. The van der Waals surface area contributed by atoms with Crippen molar-refractivity contribution in [3.8, 4) is 17.1 Å². The van der Waals surface area contributed by atoms with Crippen LogP contribution in [0.4, 0.5) is 0 Å². The summed E-state index contributed by atoms with van der Waals surface area (Å²) in [4.78, 5) is 4.49. The first-order chi connectivity index (χ1) is 12.8. The first-order valence-electron chi connectivity index (χ1n) is 8.80. The van der Waals surface area contributed by atoms with Crippen LogP contribution < -0.4 is 4.74 Å². The minimum absolute atomic E-state index is 0.406. The Labute approximate surface area is 155 Å². The highest BCUT2D eigenvalue weighted by atomic mass is 32.2. The number of rotatable bonds is 7. The monoisotopic (exact) mass is 372 g/mol. The molecule has 0 spiro atoms. The van der Waals surface area contributed by atoms with Gasteiger partial charge in [0.2, 0.25) is 16.9 Å². The molecular formula is C17H20N6O2S. The van der Waals surface area contributed by atoms with Gasteiger partial charge in [0.15, 0.2) is 0 Å². The fourth-order valence-corrected chi connectivity index (χ4v) is 3.92. The standard InChI is InChI=1S/C17H20N6O2S/c1-2-24-14-10-6-5-9-13(14)16-18-15(25-20-16)11-26-17-19-21-22-23(17)12-7-3-4-8-12/h5-6,9-10,12H,2-4,7-8,11H2,1H3. The Bertz CT molecular complexity index is 858. The zero-order valence-electron chi connectivity index (χ0n) is 14.5. The van der Waals surface area contributed by atoms with Crippen LogP contribution in [0.1, 0.15) is 44.5 Å². The lowest BCUT2D eigenvalue weighted by Gasteiger charge is -2.09. The fourth-order valence-electron chi connectivity index (χ4n) is 3.14. The second-order valence-electron chi connectivity index (χ2n) is 6.07. The maximum atomic E-state index is 5.64. The molecule has 0 saturated heterocycles. The zero-order valence-corrected chi connectivity index (χ0v) is 15.4. The SMILES string of the molecule is CCOc1ccccc1-c1noc(CSc2nnnn2C2CCCC2)n1. The minimum Gasteiger partial charge on any atom is -0.493 e. The Morgan fingerprint density at radius 3 is 2.96 bits per heavy atom. The van der Waals surface area contributed by atoms with Gasteiger partial charge in [0, 0.05) is 0 Å². The topological polar surface area (TPSA) is 91.8 Å². The lowest BCUT2D eigenvalue weighted by atomic mass is 10.2. The van der Waals surface area contributed by atoms with Gasteiger partial charge >= 0.3 is 0 Å². The number of hydrogen-bond acceptors (Lipinski definition) is 8. The van der Waals surface area contributed by atoms with Crippen molar-refractivity contribution in [1.29, 1.82) is 0 Å². The largest absolute Gasteiger partial charge is 0.493 e. The van der Waals surface area contributed by atoms with Crippen LogP contribution >= 0.6 is 11.8 Å². The van der Waals surface area contributed by atoms with Crippen molar-refractivity contribution in [2.45, 2.75) is 49.6 Å². The Hall–Kier alpha value is -2.42. The van der Waals surface area contributed by atoms with Crippen LogP contribution in [0.3, 0.4) is 0 Å². The molecule has 1 aliphatic carbocycles. The average molecular weight is 372 g/mol. The normalized spacial score (nSPS) is 14.8. The zero-order chi connectivity index (χ0) is 17.8.